The molecule has 0 bridgehead atoms. The Kier molecular flexibility index (Phi) is 3.45. The van der Waals surface area contributed by atoms with Gasteiger partial charge in [0.05, 0.1) is 0 Å². The van der Waals surface area contributed by atoms with Gasteiger partial charge in [-0.05, 0) is 45.2 Å². The molecule has 0 radical (unpaired) electrons. The van der Waals surface area contributed by atoms with Crippen LogP contribution in [0.15, 0.2) is 0 Å². The fourth-order valence-corrected chi connectivity index (χ4v) is 3.26. The van der Waals surface area contributed by atoms with Crippen LogP contribution in [0, 0.1) is 5.92 Å². The van der Waals surface area contributed by atoms with Crippen molar-refractivity contribution >= 4 is 0 Å². The van der Waals surface area contributed by atoms with Crippen molar-refractivity contribution in [3.05, 3.63) is 0 Å². The third kappa shape index (κ3) is 2.29. The zero-order chi connectivity index (χ0) is 9.97. The van der Waals surface area contributed by atoms with E-state index in [2.05, 4.69) is 11.9 Å². The van der Waals surface area contributed by atoms with E-state index in [1.54, 1.807) is 0 Å². The number of hydrogen-bond acceptors (Lipinski definition) is 2. The van der Waals surface area contributed by atoms with Crippen LogP contribution < -0.4 is 5.73 Å². The Balaban J connectivity index is 2.06. The van der Waals surface area contributed by atoms with Gasteiger partial charge < -0.3 is 10.6 Å². The Morgan fingerprint density at radius 2 is 1.86 bits per heavy atom. The molecular weight excluding hydrogens is 172 g/mol. The molecule has 1 aliphatic carbocycles. The molecule has 2 nitrogen and oxygen atoms in total. The van der Waals surface area contributed by atoms with Gasteiger partial charge in [-0.15, -0.1) is 0 Å². The first kappa shape index (κ1) is 10.4. The molecule has 0 aromatic carbocycles. The molecule has 82 valence electrons. The first-order valence-electron chi connectivity index (χ1n) is 6.23. The van der Waals surface area contributed by atoms with Crippen molar-refractivity contribution in [2.45, 2.75) is 57.0 Å². The van der Waals surface area contributed by atoms with Crippen LogP contribution in [-0.2, 0) is 0 Å². The molecule has 3 atom stereocenters. The average Bonchev–Trinajstić information content (AvgIpc) is 2.44. The summed E-state index contributed by atoms with van der Waals surface area (Å²) in [5, 5.41) is 0. The number of likely N-dealkylation sites (tertiary alicyclic amines) is 1. The first-order chi connectivity index (χ1) is 6.77. The standard InChI is InChI=1S/C12H24N2/c1-14-8-7-11(13)9-10-5-3-2-4-6-12(10)14/h10-12H,2-9,13H2,1H3. The minimum Gasteiger partial charge on any atom is -0.328 e. The Bertz CT molecular complexity index is 181. The Labute approximate surface area is 87.8 Å². The zero-order valence-corrected chi connectivity index (χ0v) is 9.41. The van der Waals surface area contributed by atoms with Crippen LogP contribution in [0.1, 0.15) is 44.9 Å². The van der Waals surface area contributed by atoms with Gasteiger partial charge in [0.15, 0.2) is 0 Å². The monoisotopic (exact) mass is 196 g/mol. The van der Waals surface area contributed by atoms with E-state index in [0.29, 0.717) is 6.04 Å². The van der Waals surface area contributed by atoms with Gasteiger partial charge in [0.1, 0.15) is 0 Å². The van der Waals surface area contributed by atoms with Crippen molar-refractivity contribution in [3.8, 4) is 0 Å². The van der Waals surface area contributed by atoms with Crippen molar-refractivity contribution < 1.29 is 0 Å². The van der Waals surface area contributed by atoms with Gasteiger partial charge in [0.2, 0.25) is 0 Å². The largest absolute Gasteiger partial charge is 0.328 e. The van der Waals surface area contributed by atoms with E-state index >= 15 is 0 Å². The number of hydrogen-bond donors (Lipinski definition) is 1. The Morgan fingerprint density at radius 3 is 2.71 bits per heavy atom. The lowest BCUT2D eigenvalue weighted by Crippen LogP contribution is -2.36. The van der Waals surface area contributed by atoms with Crippen LogP contribution in [0.4, 0.5) is 0 Å². The normalized spacial score (nSPS) is 41.1. The zero-order valence-electron chi connectivity index (χ0n) is 9.41. The van der Waals surface area contributed by atoms with Crippen LogP contribution in [0.25, 0.3) is 0 Å². The molecule has 14 heavy (non-hydrogen) atoms. The Hall–Kier alpha value is -0.0800. The topological polar surface area (TPSA) is 29.3 Å². The molecule has 1 aliphatic heterocycles. The number of nitrogens with zero attached hydrogens (tertiary/aromatic N) is 1. The van der Waals surface area contributed by atoms with E-state index < -0.39 is 0 Å². The summed E-state index contributed by atoms with van der Waals surface area (Å²) in [5.41, 5.74) is 6.13. The quantitative estimate of drug-likeness (QED) is 0.642. The van der Waals surface area contributed by atoms with E-state index in [1.165, 1.54) is 51.5 Å². The maximum atomic E-state index is 6.13. The van der Waals surface area contributed by atoms with E-state index in [0.717, 1.165) is 12.0 Å². The number of fused-ring (bicyclic) bond motifs is 1. The van der Waals surface area contributed by atoms with Crippen LogP contribution >= 0.6 is 0 Å². The molecule has 0 aromatic heterocycles. The van der Waals surface area contributed by atoms with E-state index in [1.807, 2.05) is 0 Å². The second-order valence-corrected chi connectivity index (χ2v) is 5.23. The highest BCUT2D eigenvalue weighted by Gasteiger charge is 2.30. The van der Waals surface area contributed by atoms with Crippen LogP contribution in [-0.4, -0.2) is 30.6 Å². The Morgan fingerprint density at radius 1 is 1.07 bits per heavy atom. The molecule has 1 heterocycles. The van der Waals surface area contributed by atoms with Gasteiger partial charge in [-0.3, -0.25) is 0 Å². The lowest BCUT2D eigenvalue weighted by atomic mass is 9.89. The fourth-order valence-electron chi connectivity index (χ4n) is 3.26. The SMILES string of the molecule is CN1CCC(N)CC2CCCCCC21. The summed E-state index contributed by atoms with van der Waals surface area (Å²) in [6.45, 7) is 1.21. The summed E-state index contributed by atoms with van der Waals surface area (Å²) in [6, 6.07) is 1.30. The van der Waals surface area contributed by atoms with Crippen molar-refractivity contribution in [2.75, 3.05) is 13.6 Å². The van der Waals surface area contributed by atoms with E-state index in [-0.39, 0.29) is 0 Å². The smallest absolute Gasteiger partial charge is 0.0121 e. The molecule has 2 aliphatic rings. The highest BCUT2D eigenvalue weighted by atomic mass is 15.1. The van der Waals surface area contributed by atoms with Crippen molar-refractivity contribution in [1.82, 2.24) is 4.90 Å². The van der Waals surface area contributed by atoms with Gasteiger partial charge in [-0.1, -0.05) is 19.3 Å². The maximum absolute atomic E-state index is 6.13. The third-order valence-corrected chi connectivity index (χ3v) is 4.14. The molecule has 0 spiro atoms. The van der Waals surface area contributed by atoms with Crippen LogP contribution in [0.5, 0.6) is 0 Å². The molecule has 1 saturated heterocycles. The summed E-state index contributed by atoms with van der Waals surface area (Å²) < 4.78 is 0. The lowest BCUT2D eigenvalue weighted by molar-refractivity contribution is 0.180. The second kappa shape index (κ2) is 4.63. The highest BCUT2D eigenvalue weighted by Crippen LogP contribution is 2.32. The third-order valence-electron chi connectivity index (χ3n) is 4.14. The van der Waals surface area contributed by atoms with Crippen molar-refractivity contribution in [2.24, 2.45) is 11.7 Å². The molecule has 2 fully saturated rings. The van der Waals surface area contributed by atoms with Gasteiger partial charge in [0, 0.05) is 12.1 Å². The van der Waals surface area contributed by atoms with Crippen molar-refractivity contribution in [1.29, 1.82) is 0 Å². The second-order valence-electron chi connectivity index (χ2n) is 5.23. The van der Waals surface area contributed by atoms with Crippen molar-refractivity contribution in [3.63, 3.8) is 0 Å². The summed E-state index contributed by atoms with van der Waals surface area (Å²) >= 11 is 0. The van der Waals surface area contributed by atoms with Crippen LogP contribution in [0.3, 0.4) is 0 Å². The molecule has 1 saturated carbocycles. The number of rotatable bonds is 0. The van der Waals surface area contributed by atoms with Gasteiger partial charge in [-0.2, -0.15) is 0 Å². The van der Waals surface area contributed by atoms with E-state index in [9.17, 15) is 0 Å². The molecule has 2 rings (SSSR count). The molecule has 0 aromatic rings. The molecule has 2 heteroatoms. The average molecular weight is 196 g/mol. The molecular formula is C12H24N2. The summed E-state index contributed by atoms with van der Waals surface area (Å²) in [6.07, 6.45) is 9.60. The molecule has 0 amide bonds. The highest BCUT2D eigenvalue weighted by molar-refractivity contribution is 4.86. The maximum Gasteiger partial charge on any atom is 0.0121 e. The number of nitrogens with two attached hydrogens (primary N) is 1. The van der Waals surface area contributed by atoms with Gasteiger partial charge in [0.25, 0.3) is 0 Å². The molecule has 2 N–H and O–H groups in total. The van der Waals surface area contributed by atoms with Gasteiger partial charge in [-0.25, -0.2) is 0 Å². The lowest BCUT2D eigenvalue weighted by Gasteiger charge is -2.30. The minimum atomic E-state index is 0.463. The predicted octanol–water partition coefficient (Wildman–Crippen LogP) is 1.99. The van der Waals surface area contributed by atoms with Gasteiger partial charge >= 0.3 is 0 Å². The summed E-state index contributed by atoms with van der Waals surface area (Å²) in [5.74, 6) is 0.889. The fraction of sp³-hybridized carbons (Fsp3) is 1.00. The first-order valence-corrected chi connectivity index (χ1v) is 6.23. The molecule has 3 unspecified atom stereocenters. The summed E-state index contributed by atoms with van der Waals surface area (Å²) in [4.78, 5) is 2.57. The predicted molar refractivity (Wildman–Crippen MR) is 60.2 cm³/mol. The van der Waals surface area contributed by atoms with Crippen LogP contribution in [0.2, 0.25) is 0 Å². The van der Waals surface area contributed by atoms with E-state index in [4.69, 9.17) is 5.73 Å². The minimum absolute atomic E-state index is 0.463. The summed E-state index contributed by atoms with van der Waals surface area (Å²) in [7, 11) is 2.29.